The van der Waals surface area contributed by atoms with E-state index in [2.05, 4.69) is 20.0 Å². The molecule has 0 aliphatic carbocycles. The molecule has 0 aliphatic rings. The first-order valence-corrected chi connectivity index (χ1v) is 9.24. The summed E-state index contributed by atoms with van der Waals surface area (Å²) in [7, 11) is 0. The third kappa shape index (κ3) is 4.35. The summed E-state index contributed by atoms with van der Waals surface area (Å²) in [5.74, 6) is -0.754. The second-order valence-corrected chi connectivity index (χ2v) is 6.84. The van der Waals surface area contributed by atoms with Crippen LogP contribution < -0.4 is 10.1 Å². The van der Waals surface area contributed by atoms with E-state index in [-0.39, 0.29) is 11.4 Å². The highest BCUT2D eigenvalue weighted by molar-refractivity contribution is 7.13. The SMILES string of the molecule is O=C(Nc1nccs1)c1ccc2cccc(-c3cccc(OC(F)(F)F)c3)c2n1. The van der Waals surface area contributed by atoms with Crippen molar-refractivity contribution in [1.29, 1.82) is 0 Å². The average Bonchev–Trinajstić information content (AvgIpc) is 3.19. The van der Waals surface area contributed by atoms with Crippen molar-refractivity contribution in [1.82, 2.24) is 9.97 Å². The van der Waals surface area contributed by atoms with Crippen molar-refractivity contribution in [2.45, 2.75) is 6.36 Å². The average molecular weight is 415 g/mol. The van der Waals surface area contributed by atoms with Gasteiger partial charge < -0.3 is 4.74 Å². The highest BCUT2D eigenvalue weighted by Crippen LogP contribution is 2.31. The lowest BCUT2D eigenvalue weighted by atomic mass is 10.0. The molecule has 0 aliphatic heterocycles. The Hall–Kier alpha value is -3.46. The molecule has 0 bridgehead atoms. The first-order valence-electron chi connectivity index (χ1n) is 8.36. The van der Waals surface area contributed by atoms with Crippen molar-refractivity contribution in [3.05, 3.63) is 71.9 Å². The number of hydrogen-bond acceptors (Lipinski definition) is 5. The number of halogens is 3. The van der Waals surface area contributed by atoms with Crippen LogP contribution in [0, 0.1) is 0 Å². The Labute approximate surface area is 166 Å². The quantitative estimate of drug-likeness (QED) is 0.477. The number of nitrogens with one attached hydrogen (secondary N) is 1. The number of pyridine rings is 1. The van der Waals surface area contributed by atoms with Gasteiger partial charge in [-0.25, -0.2) is 9.97 Å². The lowest BCUT2D eigenvalue weighted by molar-refractivity contribution is -0.274. The smallest absolute Gasteiger partial charge is 0.406 e. The lowest BCUT2D eigenvalue weighted by Gasteiger charge is -2.11. The molecule has 0 radical (unpaired) electrons. The number of thiazole rings is 1. The van der Waals surface area contributed by atoms with Gasteiger partial charge in [0.2, 0.25) is 0 Å². The number of carbonyl (C=O) groups excluding carboxylic acids is 1. The summed E-state index contributed by atoms with van der Waals surface area (Å²) in [6, 6.07) is 14.3. The van der Waals surface area contributed by atoms with Crippen LogP contribution in [0.15, 0.2) is 66.2 Å². The molecule has 0 spiro atoms. The summed E-state index contributed by atoms with van der Waals surface area (Å²) in [6.45, 7) is 0. The van der Waals surface area contributed by atoms with Crippen molar-refractivity contribution in [3.63, 3.8) is 0 Å². The van der Waals surface area contributed by atoms with E-state index >= 15 is 0 Å². The van der Waals surface area contributed by atoms with E-state index < -0.39 is 12.3 Å². The number of carbonyl (C=O) groups is 1. The molecule has 2 aromatic carbocycles. The highest BCUT2D eigenvalue weighted by atomic mass is 32.1. The number of ether oxygens (including phenoxy) is 1. The Bertz CT molecular complexity index is 1180. The number of hydrogen-bond donors (Lipinski definition) is 1. The minimum atomic E-state index is -4.78. The summed E-state index contributed by atoms with van der Waals surface area (Å²) >= 11 is 1.28. The molecule has 1 amide bonds. The molecule has 146 valence electrons. The van der Waals surface area contributed by atoms with Crippen LogP contribution in [0.25, 0.3) is 22.0 Å². The molecule has 0 saturated carbocycles. The minimum Gasteiger partial charge on any atom is -0.406 e. The van der Waals surface area contributed by atoms with E-state index in [1.165, 1.54) is 29.5 Å². The molecule has 9 heteroatoms. The fraction of sp³-hybridized carbons (Fsp3) is 0.0500. The summed E-state index contributed by atoms with van der Waals surface area (Å²) in [4.78, 5) is 20.9. The molecule has 0 atom stereocenters. The zero-order valence-corrected chi connectivity index (χ0v) is 15.4. The number of fused-ring (bicyclic) bond motifs is 1. The topological polar surface area (TPSA) is 64.1 Å². The van der Waals surface area contributed by atoms with Crippen molar-refractivity contribution in [2.75, 3.05) is 5.32 Å². The van der Waals surface area contributed by atoms with Gasteiger partial charge in [0.05, 0.1) is 5.52 Å². The Balaban J connectivity index is 1.73. The number of anilines is 1. The maximum atomic E-state index is 12.5. The number of aromatic nitrogens is 2. The molecule has 0 fully saturated rings. The molecule has 1 N–H and O–H groups in total. The number of para-hydroxylation sites is 1. The van der Waals surface area contributed by atoms with Gasteiger partial charge in [0, 0.05) is 22.5 Å². The second kappa shape index (κ2) is 7.51. The van der Waals surface area contributed by atoms with Gasteiger partial charge in [0.1, 0.15) is 11.4 Å². The van der Waals surface area contributed by atoms with Crippen LogP contribution in [0.4, 0.5) is 18.3 Å². The van der Waals surface area contributed by atoms with Gasteiger partial charge in [0.25, 0.3) is 5.91 Å². The zero-order chi connectivity index (χ0) is 20.4. The van der Waals surface area contributed by atoms with Crippen LogP contribution in [0.5, 0.6) is 5.75 Å². The first-order chi connectivity index (χ1) is 13.9. The molecule has 5 nitrogen and oxygen atoms in total. The Morgan fingerprint density at radius 2 is 1.90 bits per heavy atom. The number of amides is 1. The molecular weight excluding hydrogens is 403 g/mol. The largest absolute Gasteiger partial charge is 0.573 e. The summed E-state index contributed by atoms with van der Waals surface area (Å²) in [5, 5.41) is 5.58. The number of benzene rings is 2. The van der Waals surface area contributed by atoms with Gasteiger partial charge in [0.15, 0.2) is 5.13 Å². The summed E-state index contributed by atoms with van der Waals surface area (Å²) in [6.07, 6.45) is -3.21. The van der Waals surface area contributed by atoms with Crippen LogP contribution in [0.2, 0.25) is 0 Å². The molecule has 29 heavy (non-hydrogen) atoms. The van der Waals surface area contributed by atoms with Gasteiger partial charge in [-0.3, -0.25) is 10.1 Å². The first kappa shape index (κ1) is 18.9. The van der Waals surface area contributed by atoms with E-state index in [4.69, 9.17) is 0 Å². The molecule has 4 rings (SSSR count). The fourth-order valence-corrected chi connectivity index (χ4v) is 3.34. The van der Waals surface area contributed by atoms with Gasteiger partial charge in [-0.2, -0.15) is 0 Å². The molecule has 0 unspecified atom stereocenters. The molecule has 4 aromatic rings. The molecule has 2 heterocycles. The Morgan fingerprint density at radius 3 is 2.66 bits per heavy atom. The van der Waals surface area contributed by atoms with Crippen molar-refractivity contribution < 1.29 is 22.7 Å². The molecule has 2 aromatic heterocycles. The monoisotopic (exact) mass is 415 g/mol. The van der Waals surface area contributed by atoms with E-state index in [0.29, 0.717) is 21.8 Å². The summed E-state index contributed by atoms with van der Waals surface area (Å²) in [5.41, 5.74) is 1.73. The van der Waals surface area contributed by atoms with E-state index in [1.807, 2.05) is 6.07 Å². The molecule has 0 saturated heterocycles. The number of rotatable bonds is 4. The third-order valence-corrected chi connectivity index (χ3v) is 4.67. The standard InChI is InChI=1S/C20H12F3N3O2S/c21-20(22,23)28-14-5-1-4-13(11-14)15-6-2-3-12-7-8-16(25-17(12)15)18(27)26-19-24-9-10-29-19/h1-11H,(H,24,26,27). The second-order valence-electron chi connectivity index (χ2n) is 5.94. The molecular formula is C20H12F3N3O2S. The maximum Gasteiger partial charge on any atom is 0.573 e. The maximum absolute atomic E-state index is 12.5. The van der Waals surface area contributed by atoms with E-state index in [9.17, 15) is 18.0 Å². The lowest BCUT2D eigenvalue weighted by Crippen LogP contribution is -2.17. The highest BCUT2D eigenvalue weighted by Gasteiger charge is 2.31. The predicted molar refractivity (Wildman–Crippen MR) is 104 cm³/mol. The van der Waals surface area contributed by atoms with Crippen LogP contribution in [0.1, 0.15) is 10.5 Å². The van der Waals surface area contributed by atoms with Gasteiger partial charge in [-0.1, -0.05) is 36.4 Å². The predicted octanol–water partition coefficient (Wildman–Crippen LogP) is 5.51. The third-order valence-electron chi connectivity index (χ3n) is 3.98. The zero-order valence-electron chi connectivity index (χ0n) is 14.6. The van der Waals surface area contributed by atoms with Crippen LogP contribution in [-0.4, -0.2) is 22.2 Å². The van der Waals surface area contributed by atoms with Gasteiger partial charge >= 0.3 is 6.36 Å². The number of nitrogens with zero attached hydrogens (tertiary/aromatic N) is 2. The van der Waals surface area contributed by atoms with Gasteiger partial charge in [-0.05, 0) is 23.8 Å². The van der Waals surface area contributed by atoms with E-state index in [0.717, 1.165) is 5.39 Å². The van der Waals surface area contributed by atoms with Gasteiger partial charge in [-0.15, -0.1) is 24.5 Å². The normalized spacial score (nSPS) is 11.4. The van der Waals surface area contributed by atoms with Crippen molar-refractivity contribution >= 4 is 33.3 Å². The minimum absolute atomic E-state index is 0.169. The Kier molecular flexibility index (Phi) is 4.89. The van der Waals surface area contributed by atoms with Crippen molar-refractivity contribution in [3.8, 4) is 16.9 Å². The fourth-order valence-electron chi connectivity index (χ4n) is 2.81. The van der Waals surface area contributed by atoms with Crippen LogP contribution in [0.3, 0.4) is 0 Å². The van der Waals surface area contributed by atoms with Crippen LogP contribution >= 0.6 is 11.3 Å². The van der Waals surface area contributed by atoms with Crippen LogP contribution in [-0.2, 0) is 0 Å². The number of alkyl halides is 3. The van der Waals surface area contributed by atoms with Crippen molar-refractivity contribution in [2.24, 2.45) is 0 Å². The summed E-state index contributed by atoms with van der Waals surface area (Å²) < 4.78 is 41.6. The Morgan fingerprint density at radius 1 is 1.07 bits per heavy atom. The van der Waals surface area contributed by atoms with E-state index in [1.54, 1.807) is 41.9 Å².